The Balaban J connectivity index is 1.74. The van der Waals surface area contributed by atoms with E-state index in [-0.39, 0.29) is 5.91 Å². The minimum absolute atomic E-state index is 0.167. The first kappa shape index (κ1) is 14.7. The van der Waals surface area contributed by atoms with Gasteiger partial charge in [-0.25, -0.2) is 0 Å². The minimum Gasteiger partial charge on any atom is -0.490 e. The van der Waals surface area contributed by atoms with E-state index in [2.05, 4.69) is 4.90 Å². The Morgan fingerprint density at radius 3 is 2.80 bits per heavy atom. The van der Waals surface area contributed by atoms with E-state index in [0.29, 0.717) is 12.3 Å². The van der Waals surface area contributed by atoms with Gasteiger partial charge in [0.2, 0.25) is 5.91 Å². The van der Waals surface area contributed by atoms with Gasteiger partial charge in [0.1, 0.15) is 12.4 Å². The van der Waals surface area contributed by atoms with Crippen LogP contribution in [0.4, 0.5) is 5.69 Å². The second kappa shape index (κ2) is 7.14. The van der Waals surface area contributed by atoms with Gasteiger partial charge in [-0.1, -0.05) is 12.1 Å². The lowest BCUT2D eigenvalue weighted by Gasteiger charge is -2.21. The highest BCUT2D eigenvalue weighted by Gasteiger charge is 2.16. The first-order chi connectivity index (χ1) is 9.66. The van der Waals surface area contributed by atoms with Crippen LogP contribution in [0.3, 0.4) is 0 Å². The van der Waals surface area contributed by atoms with Crippen LogP contribution in [0, 0.1) is 0 Å². The largest absolute Gasteiger partial charge is 0.490 e. The maximum atomic E-state index is 11.4. The maximum Gasteiger partial charge on any atom is 0.219 e. The van der Waals surface area contributed by atoms with Gasteiger partial charge in [-0.2, -0.15) is 0 Å². The molecule has 2 N–H and O–H groups in total. The number of para-hydroxylation sites is 2. The number of ether oxygens (including phenoxy) is 1. The van der Waals surface area contributed by atoms with E-state index in [1.54, 1.807) is 6.92 Å². The van der Waals surface area contributed by atoms with Crippen molar-refractivity contribution in [1.82, 2.24) is 9.80 Å². The molecule has 1 aromatic rings. The Hall–Kier alpha value is -1.75. The Morgan fingerprint density at radius 2 is 2.05 bits per heavy atom. The fourth-order valence-corrected chi connectivity index (χ4v) is 2.41. The van der Waals surface area contributed by atoms with Crippen LogP contribution in [0.15, 0.2) is 24.3 Å². The highest BCUT2D eigenvalue weighted by atomic mass is 16.5. The van der Waals surface area contributed by atoms with Crippen molar-refractivity contribution >= 4 is 11.6 Å². The number of benzene rings is 1. The summed E-state index contributed by atoms with van der Waals surface area (Å²) < 4.78 is 5.71. The summed E-state index contributed by atoms with van der Waals surface area (Å²) in [6, 6.07) is 7.54. The van der Waals surface area contributed by atoms with Crippen LogP contribution in [-0.4, -0.2) is 55.0 Å². The van der Waals surface area contributed by atoms with Crippen LogP contribution in [0.5, 0.6) is 5.75 Å². The molecule has 1 aliphatic rings. The predicted octanol–water partition coefficient (Wildman–Crippen LogP) is 1.20. The van der Waals surface area contributed by atoms with Crippen molar-refractivity contribution in [2.24, 2.45) is 0 Å². The number of amides is 1. The van der Waals surface area contributed by atoms with Gasteiger partial charge in [0.05, 0.1) is 5.69 Å². The van der Waals surface area contributed by atoms with Crippen molar-refractivity contribution in [3.8, 4) is 5.75 Å². The van der Waals surface area contributed by atoms with Crippen molar-refractivity contribution in [1.29, 1.82) is 0 Å². The van der Waals surface area contributed by atoms with E-state index < -0.39 is 0 Å². The van der Waals surface area contributed by atoms with E-state index >= 15 is 0 Å². The molecule has 1 aromatic carbocycles. The zero-order valence-corrected chi connectivity index (χ0v) is 12.0. The number of anilines is 1. The molecule has 5 nitrogen and oxygen atoms in total. The highest BCUT2D eigenvalue weighted by molar-refractivity contribution is 5.73. The molecule has 1 fully saturated rings. The van der Waals surface area contributed by atoms with Crippen molar-refractivity contribution in [2.45, 2.75) is 13.3 Å². The van der Waals surface area contributed by atoms with E-state index in [9.17, 15) is 4.79 Å². The molecule has 20 heavy (non-hydrogen) atoms. The average molecular weight is 277 g/mol. The number of carbonyl (C=O) groups excluding carboxylic acids is 1. The minimum atomic E-state index is 0.167. The van der Waals surface area contributed by atoms with Crippen LogP contribution in [0.1, 0.15) is 13.3 Å². The molecule has 0 bridgehead atoms. The highest BCUT2D eigenvalue weighted by Crippen LogP contribution is 2.19. The molecule has 1 aliphatic heterocycles. The molecule has 1 amide bonds. The topological polar surface area (TPSA) is 58.8 Å². The summed E-state index contributed by atoms with van der Waals surface area (Å²) in [6.45, 7) is 6.71. The van der Waals surface area contributed by atoms with Crippen LogP contribution in [-0.2, 0) is 4.79 Å². The zero-order chi connectivity index (χ0) is 14.4. The Kier molecular flexibility index (Phi) is 5.24. The number of hydrogen-bond donors (Lipinski definition) is 1. The number of rotatable bonds is 4. The lowest BCUT2D eigenvalue weighted by molar-refractivity contribution is -0.128. The zero-order valence-electron chi connectivity index (χ0n) is 12.0. The molecule has 0 saturated carbocycles. The summed E-state index contributed by atoms with van der Waals surface area (Å²) >= 11 is 0. The van der Waals surface area contributed by atoms with E-state index in [4.69, 9.17) is 10.5 Å². The summed E-state index contributed by atoms with van der Waals surface area (Å²) in [7, 11) is 0. The third kappa shape index (κ3) is 4.13. The van der Waals surface area contributed by atoms with E-state index in [0.717, 1.165) is 44.9 Å². The van der Waals surface area contributed by atoms with Crippen LogP contribution < -0.4 is 10.5 Å². The smallest absolute Gasteiger partial charge is 0.219 e. The summed E-state index contributed by atoms with van der Waals surface area (Å²) in [4.78, 5) is 15.6. The summed E-state index contributed by atoms with van der Waals surface area (Å²) in [6.07, 6.45) is 1.02. The van der Waals surface area contributed by atoms with Gasteiger partial charge in [-0.3, -0.25) is 9.69 Å². The molecule has 110 valence electrons. The molecule has 0 spiro atoms. The standard InChI is InChI=1S/C15H23N3O2/c1-13(19)18-8-4-7-17(9-10-18)11-12-20-15-6-3-2-5-14(15)16/h2-3,5-6H,4,7-12,16H2,1H3. The molecule has 5 heteroatoms. The molecule has 0 aliphatic carbocycles. The predicted molar refractivity (Wildman–Crippen MR) is 79.7 cm³/mol. The second-order valence-corrected chi connectivity index (χ2v) is 5.09. The van der Waals surface area contributed by atoms with Crippen LogP contribution >= 0.6 is 0 Å². The fraction of sp³-hybridized carbons (Fsp3) is 0.533. The Bertz CT molecular complexity index is 450. The Morgan fingerprint density at radius 1 is 1.25 bits per heavy atom. The first-order valence-corrected chi connectivity index (χ1v) is 7.12. The van der Waals surface area contributed by atoms with Gasteiger partial charge in [-0.15, -0.1) is 0 Å². The molecule has 0 aromatic heterocycles. The lowest BCUT2D eigenvalue weighted by Crippen LogP contribution is -2.35. The molecule has 0 atom stereocenters. The Labute approximate surface area is 120 Å². The van der Waals surface area contributed by atoms with E-state index in [1.807, 2.05) is 29.2 Å². The summed E-state index contributed by atoms with van der Waals surface area (Å²) in [5.74, 6) is 0.910. The normalized spacial score (nSPS) is 16.8. The first-order valence-electron chi connectivity index (χ1n) is 7.12. The van der Waals surface area contributed by atoms with Gasteiger partial charge in [-0.05, 0) is 18.6 Å². The van der Waals surface area contributed by atoms with Crippen molar-refractivity contribution < 1.29 is 9.53 Å². The quantitative estimate of drug-likeness (QED) is 0.840. The van der Waals surface area contributed by atoms with Crippen molar-refractivity contribution in [3.05, 3.63) is 24.3 Å². The number of nitrogens with zero attached hydrogens (tertiary/aromatic N) is 2. The van der Waals surface area contributed by atoms with Gasteiger partial charge in [0.15, 0.2) is 0 Å². The number of carbonyl (C=O) groups is 1. The van der Waals surface area contributed by atoms with Crippen LogP contribution in [0.25, 0.3) is 0 Å². The molecule has 1 saturated heterocycles. The SMILES string of the molecule is CC(=O)N1CCCN(CCOc2ccccc2N)CC1. The lowest BCUT2D eigenvalue weighted by atomic mass is 10.3. The van der Waals surface area contributed by atoms with Crippen molar-refractivity contribution in [2.75, 3.05) is 45.1 Å². The third-order valence-electron chi connectivity index (χ3n) is 3.62. The maximum absolute atomic E-state index is 11.4. The average Bonchev–Trinajstić information content (AvgIpc) is 2.67. The number of nitrogens with two attached hydrogens (primary N) is 1. The molecule has 1 heterocycles. The number of hydrogen-bond acceptors (Lipinski definition) is 4. The third-order valence-corrected chi connectivity index (χ3v) is 3.62. The van der Waals surface area contributed by atoms with Crippen LogP contribution in [0.2, 0.25) is 0 Å². The van der Waals surface area contributed by atoms with Gasteiger partial charge in [0, 0.05) is 39.6 Å². The number of nitrogen functional groups attached to an aromatic ring is 1. The summed E-state index contributed by atoms with van der Waals surface area (Å²) in [5, 5.41) is 0. The molecular weight excluding hydrogens is 254 g/mol. The van der Waals surface area contributed by atoms with Gasteiger partial charge < -0.3 is 15.4 Å². The monoisotopic (exact) mass is 277 g/mol. The molecule has 0 radical (unpaired) electrons. The summed E-state index contributed by atoms with van der Waals surface area (Å²) in [5.41, 5.74) is 6.51. The molecule has 0 unspecified atom stereocenters. The molecule has 2 rings (SSSR count). The van der Waals surface area contributed by atoms with Crippen molar-refractivity contribution in [3.63, 3.8) is 0 Å². The van der Waals surface area contributed by atoms with E-state index in [1.165, 1.54) is 0 Å². The molecular formula is C15H23N3O2. The van der Waals surface area contributed by atoms with Gasteiger partial charge in [0.25, 0.3) is 0 Å². The van der Waals surface area contributed by atoms with Gasteiger partial charge >= 0.3 is 0 Å². The fourth-order valence-electron chi connectivity index (χ4n) is 2.41. The second-order valence-electron chi connectivity index (χ2n) is 5.09.